The number of rotatable bonds is 9. The highest BCUT2D eigenvalue weighted by molar-refractivity contribution is 8.03. The molecule has 3 rings (SSSR count). The zero-order chi connectivity index (χ0) is 17.8. The van der Waals surface area contributed by atoms with Crippen LogP contribution in [0.4, 0.5) is 5.82 Å². The minimum absolute atomic E-state index is 0.486. The quantitative estimate of drug-likeness (QED) is 0.176. The molecule has 0 spiro atoms. The molecule has 0 radical (unpaired) electrons. The molecule has 1 aromatic heterocycles. The fourth-order valence-electron chi connectivity index (χ4n) is 3.34. The molecule has 3 heterocycles. The second-order valence-electron chi connectivity index (χ2n) is 6.28. The van der Waals surface area contributed by atoms with E-state index in [0.29, 0.717) is 22.8 Å². The van der Waals surface area contributed by atoms with Gasteiger partial charge >= 0.3 is 0 Å². The molecule has 1 unspecified atom stereocenters. The Morgan fingerprint density at radius 2 is 2.32 bits per heavy atom. The standard InChI is InChI=1S/C17H24N6OS/c1-12-20-16(7-17(21-12)25-13(11-24)8-19-3)23-10-14-15(23)9-22(14)6-4-5-18-2/h7-8,11,14-15,18H,3-6,9-10H2,1-2H3/b13-8-/t14?,15-/m0/s1. The van der Waals surface area contributed by atoms with Gasteiger partial charge < -0.3 is 10.2 Å². The van der Waals surface area contributed by atoms with Crippen LogP contribution >= 0.6 is 11.8 Å². The Morgan fingerprint density at radius 3 is 2.96 bits per heavy atom. The number of thioether (sulfide) groups is 1. The van der Waals surface area contributed by atoms with Crippen molar-refractivity contribution in [2.45, 2.75) is 30.5 Å². The number of aryl methyl sites for hydroxylation is 1. The zero-order valence-corrected chi connectivity index (χ0v) is 15.5. The lowest BCUT2D eigenvalue weighted by Gasteiger charge is -2.62. The third kappa shape index (κ3) is 3.91. The van der Waals surface area contributed by atoms with Gasteiger partial charge in [-0.25, -0.2) is 9.97 Å². The predicted molar refractivity (Wildman–Crippen MR) is 101 cm³/mol. The summed E-state index contributed by atoms with van der Waals surface area (Å²) in [5.74, 6) is 1.66. The Hall–Kier alpha value is -1.77. The lowest BCUT2D eigenvalue weighted by molar-refractivity contribution is -0.104. The Bertz CT molecular complexity index is 679. The van der Waals surface area contributed by atoms with Gasteiger partial charge in [0.15, 0.2) is 6.29 Å². The average molecular weight is 360 g/mol. The third-order valence-electron chi connectivity index (χ3n) is 4.64. The van der Waals surface area contributed by atoms with E-state index in [1.54, 1.807) is 0 Å². The number of aliphatic imine (C=N–C) groups is 1. The summed E-state index contributed by atoms with van der Waals surface area (Å²) in [4.78, 5) is 29.1. The van der Waals surface area contributed by atoms with E-state index in [2.05, 4.69) is 36.8 Å². The van der Waals surface area contributed by atoms with E-state index in [1.165, 1.54) is 24.4 Å². The van der Waals surface area contributed by atoms with E-state index in [1.807, 2.05) is 20.0 Å². The molecule has 2 aliphatic rings. The Labute approximate surface area is 152 Å². The fourth-order valence-corrected chi connectivity index (χ4v) is 4.10. The molecule has 2 saturated heterocycles. The lowest BCUT2D eigenvalue weighted by Crippen LogP contribution is -2.79. The van der Waals surface area contributed by atoms with Crippen LogP contribution in [0.25, 0.3) is 0 Å². The zero-order valence-electron chi connectivity index (χ0n) is 14.7. The van der Waals surface area contributed by atoms with Crippen LogP contribution in [-0.2, 0) is 4.79 Å². The van der Waals surface area contributed by atoms with E-state index >= 15 is 0 Å². The first kappa shape index (κ1) is 18.0. The number of nitrogens with zero attached hydrogens (tertiary/aromatic N) is 5. The number of hydrogen-bond donors (Lipinski definition) is 1. The maximum absolute atomic E-state index is 11.1. The first-order chi connectivity index (χ1) is 12.2. The highest BCUT2D eigenvalue weighted by atomic mass is 32.2. The van der Waals surface area contributed by atoms with Crippen LogP contribution in [0.5, 0.6) is 0 Å². The molecule has 1 aromatic rings. The molecule has 134 valence electrons. The molecule has 8 heteroatoms. The number of hydrogen-bond acceptors (Lipinski definition) is 8. The highest BCUT2D eigenvalue weighted by Gasteiger charge is 2.51. The van der Waals surface area contributed by atoms with Gasteiger partial charge in [0, 0.05) is 31.4 Å². The van der Waals surface area contributed by atoms with Gasteiger partial charge in [0.25, 0.3) is 0 Å². The van der Waals surface area contributed by atoms with Crippen LogP contribution in [0, 0.1) is 6.92 Å². The van der Waals surface area contributed by atoms with E-state index < -0.39 is 0 Å². The maximum Gasteiger partial charge on any atom is 0.158 e. The number of aromatic nitrogens is 2. The van der Waals surface area contributed by atoms with E-state index in [9.17, 15) is 4.79 Å². The summed E-state index contributed by atoms with van der Waals surface area (Å²) in [5, 5.41) is 3.96. The van der Waals surface area contributed by atoms with Gasteiger partial charge in [-0.3, -0.25) is 14.7 Å². The fraction of sp³-hybridized carbons (Fsp3) is 0.529. The topological polar surface area (TPSA) is 73.7 Å². The van der Waals surface area contributed by atoms with Crippen LogP contribution in [0.3, 0.4) is 0 Å². The molecule has 0 bridgehead atoms. The molecule has 0 amide bonds. The molecule has 1 N–H and O–H groups in total. The van der Waals surface area contributed by atoms with Crippen molar-refractivity contribution in [2.24, 2.45) is 4.99 Å². The molecule has 0 aromatic carbocycles. The molecular weight excluding hydrogens is 336 g/mol. The number of anilines is 1. The first-order valence-corrected chi connectivity index (χ1v) is 9.28. The lowest BCUT2D eigenvalue weighted by atomic mass is 9.85. The van der Waals surface area contributed by atoms with Crippen molar-refractivity contribution < 1.29 is 4.79 Å². The largest absolute Gasteiger partial charge is 0.349 e. The Morgan fingerprint density at radius 1 is 1.48 bits per heavy atom. The van der Waals surface area contributed by atoms with Gasteiger partial charge in [-0.15, -0.1) is 0 Å². The van der Waals surface area contributed by atoms with Crippen molar-refractivity contribution in [1.82, 2.24) is 20.2 Å². The number of carbonyl (C=O) groups is 1. The average Bonchev–Trinajstić information content (AvgIpc) is 2.57. The van der Waals surface area contributed by atoms with Crippen molar-refractivity contribution in [1.29, 1.82) is 0 Å². The summed E-state index contributed by atoms with van der Waals surface area (Å²) in [7, 11) is 1.99. The van der Waals surface area contributed by atoms with E-state index in [-0.39, 0.29) is 0 Å². The number of fused-ring (bicyclic) bond motifs is 1. The van der Waals surface area contributed by atoms with Crippen molar-refractivity contribution >= 4 is 30.6 Å². The van der Waals surface area contributed by atoms with Crippen LogP contribution < -0.4 is 10.2 Å². The van der Waals surface area contributed by atoms with Gasteiger partial charge in [-0.2, -0.15) is 0 Å². The summed E-state index contributed by atoms with van der Waals surface area (Å²) in [6, 6.07) is 3.16. The minimum Gasteiger partial charge on any atom is -0.349 e. The molecule has 25 heavy (non-hydrogen) atoms. The van der Waals surface area contributed by atoms with Gasteiger partial charge in [0.1, 0.15) is 16.7 Å². The number of allylic oxidation sites excluding steroid dienone is 1. The molecule has 7 nitrogen and oxygen atoms in total. The molecule has 0 aliphatic carbocycles. The summed E-state index contributed by atoms with van der Waals surface area (Å²) in [6.07, 6.45) is 3.40. The maximum atomic E-state index is 11.1. The van der Waals surface area contributed by atoms with Gasteiger partial charge in [0.2, 0.25) is 0 Å². The normalized spacial score (nSPS) is 22.8. The monoisotopic (exact) mass is 360 g/mol. The van der Waals surface area contributed by atoms with Crippen molar-refractivity contribution in [3.05, 3.63) is 23.0 Å². The third-order valence-corrected chi connectivity index (χ3v) is 5.50. The van der Waals surface area contributed by atoms with Crippen LogP contribution in [0.1, 0.15) is 12.2 Å². The number of carbonyl (C=O) groups excluding carboxylic acids is 1. The summed E-state index contributed by atoms with van der Waals surface area (Å²) >= 11 is 1.29. The second-order valence-corrected chi connectivity index (χ2v) is 7.38. The van der Waals surface area contributed by atoms with Crippen LogP contribution in [-0.4, -0.2) is 73.2 Å². The van der Waals surface area contributed by atoms with Gasteiger partial charge in [-0.05, 0) is 40.2 Å². The highest BCUT2D eigenvalue weighted by Crippen LogP contribution is 2.37. The van der Waals surface area contributed by atoms with E-state index in [0.717, 1.165) is 43.3 Å². The van der Waals surface area contributed by atoms with Crippen molar-refractivity contribution in [3.8, 4) is 0 Å². The SMILES string of the molecule is C=N/C=C(/C=O)Sc1cc(N2CC3[C@@H]2CN3CCCNC)nc(C)n1. The first-order valence-electron chi connectivity index (χ1n) is 8.46. The number of aldehydes is 1. The smallest absolute Gasteiger partial charge is 0.158 e. The Kier molecular flexibility index (Phi) is 5.82. The predicted octanol–water partition coefficient (Wildman–Crippen LogP) is 1.10. The van der Waals surface area contributed by atoms with Crippen LogP contribution in [0.2, 0.25) is 0 Å². The molecule has 2 atom stereocenters. The summed E-state index contributed by atoms with van der Waals surface area (Å²) < 4.78 is 0. The number of likely N-dealkylation sites (tertiary alicyclic amines) is 1. The molecule has 2 aliphatic heterocycles. The van der Waals surface area contributed by atoms with Gasteiger partial charge in [-0.1, -0.05) is 11.8 Å². The summed E-state index contributed by atoms with van der Waals surface area (Å²) in [6.45, 7) is 9.59. The molecular formula is C17H24N6OS. The minimum atomic E-state index is 0.486. The number of piperazine rings is 1. The van der Waals surface area contributed by atoms with Crippen molar-refractivity contribution in [3.63, 3.8) is 0 Å². The molecule has 2 fully saturated rings. The molecule has 0 saturated carbocycles. The van der Waals surface area contributed by atoms with Crippen LogP contribution in [0.15, 0.2) is 27.2 Å². The van der Waals surface area contributed by atoms with Gasteiger partial charge in [0.05, 0.1) is 10.9 Å². The van der Waals surface area contributed by atoms with Crippen molar-refractivity contribution in [2.75, 3.05) is 38.1 Å². The Balaban J connectivity index is 1.62. The summed E-state index contributed by atoms with van der Waals surface area (Å²) in [5.41, 5.74) is 0. The van der Waals surface area contributed by atoms with E-state index in [4.69, 9.17) is 0 Å². The number of nitrogens with one attached hydrogen (secondary N) is 1. The second kappa shape index (κ2) is 8.07.